The zero-order valence-corrected chi connectivity index (χ0v) is 8.41. The van der Waals surface area contributed by atoms with Crippen molar-refractivity contribution in [2.75, 3.05) is 0 Å². The summed E-state index contributed by atoms with van der Waals surface area (Å²) in [4.78, 5) is 0. The van der Waals surface area contributed by atoms with Crippen LogP contribution < -0.4 is 0 Å². The molecular weight excluding hydrogens is 120 g/mol. The fourth-order valence-corrected chi connectivity index (χ4v) is 0.757. The summed E-state index contributed by atoms with van der Waals surface area (Å²) in [6.45, 7) is 10.8. The van der Waals surface area contributed by atoms with Crippen LogP contribution in [0.5, 0.6) is 0 Å². The summed E-state index contributed by atoms with van der Waals surface area (Å²) in [5.41, 5.74) is 0. The number of rotatable bonds is 4. The normalized spacial score (nSPS) is 11.7. The Kier molecular flexibility index (Phi) is 14.9. The molecule has 0 aromatic rings. The van der Waals surface area contributed by atoms with Gasteiger partial charge in [0.05, 0.1) is 0 Å². The van der Waals surface area contributed by atoms with Gasteiger partial charge in [-0.1, -0.05) is 60.3 Å². The van der Waals surface area contributed by atoms with E-state index in [9.17, 15) is 0 Å². The molecule has 0 aliphatic rings. The molecular formula is C10H24. The Morgan fingerprint density at radius 3 is 1.90 bits per heavy atom. The highest BCUT2D eigenvalue weighted by molar-refractivity contribution is 4.47. The molecule has 0 nitrogen and oxygen atoms in total. The van der Waals surface area contributed by atoms with Crippen molar-refractivity contribution < 1.29 is 0 Å². The van der Waals surface area contributed by atoms with Gasteiger partial charge in [0.1, 0.15) is 0 Å². The summed E-state index contributed by atoms with van der Waals surface area (Å²) in [7, 11) is 0. The van der Waals surface area contributed by atoms with Crippen LogP contribution in [0.2, 0.25) is 0 Å². The molecule has 0 aromatic heterocycles. The van der Waals surface area contributed by atoms with E-state index in [1.807, 2.05) is 13.8 Å². The van der Waals surface area contributed by atoms with Crippen molar-refractivity contribution in [2.24, 2.45) is 5.92 Å². The minimum Gasteiger partial charge on any atom is -0.0683 e. The molecule has 0 spiro atoms. The highest BCUT2D eigenvalue weighted by atomic mass is 14.0. The predicted octanol–water partition coefficient (Wildman–Crippen LogP) is 4.25. The van der Waals surface area contributed by atoms with Gasteiger partial charge in [0.2, 0.25) is 0 Å². The van der Waals surface area contributed by atoms with Crippen LogP contribution in [0.4, 0.5) is 0 Å². The molecule has 64 valence electrons. The highest BCUT2D eigenvalue weighted by Gasteiger charge is 1.94. The first kappa shape index (κ1) is 12.7. The van der Waals surface area contributed by atoms with Crippen molar-refractivity contribution in [3.8, 4) is 0 Å². The quantitative estimate of drug-likeness (QED) is 0.553. The van der Waals surface area contributed by atoms with E-state index in [1.54, 1.807) is 0 Å². The maximum absolute atomic E-state index is 2.33. The molecule has 0 aliphatic carbocycles. The van der Waals surface area contributed by atoms with E-state index >= 15 is 0 Å². The third kappa shape index (κ3) is 10.9. The first-order chi connectivity index (χ1) is 4.81. The van der Waals surface area contributed by atoms with E-state index in [4.69, 9.17) is 0 Å². The van der Waals surface area contributed by atoms with Crippen LogP contribution >= 0.6 is 0 Å². The second-order valence-corrected chi connectivity index (χ2v) is 2.66. The molecule has 0 aliphatic heterocycles. The third-order valence-electron chi connectivity index (χ3n) is 1.75. The van der Waals surface area contributed by atoms with E-state index in [1.165, 1.54) is 25.7 Å². The maximum atomic E-state index is 2.33. The van der Waals surface area contributed by atoms with Gasteiger partial charge in [-0.2, -0.15) is 0 Å². The fourth-order valence-electron chi connectivity index (χ4n) is 0.757. The van der Waals surface area contributed by atoms with Crippen molar-refractivity contribution in [3.05, 3.63) is 0 Å². The van der Waals surface area contributed by atoms with Gasteiger partial charge in [-0.15, -0.1) is 0 Å². The molecule has 1 unspecified atom stereocenters. The SMILES string of the molecule is CC.CCCCC(C)CC. The van der Waals surface area contributed by atoms with Crippen molar-refractivity contribution in [3.63, 3.8) is 0 Å². The summed E-state index contributed by atoms with van der Waals surface area (Å²) in [5, 5.41) is 0. The van der Waals surface area contributed by atoms with Crippen LogP contribution in [0.3, 0.4) is 0 Å². The smallest absolute Gasteiger partial charge is 0.0445 e. The summed E-state index contributed by atoms with van der Waals surface area (Å²) in [6.07, 6.45) is 5.53. The Morgan fingerprint density at radius 1 is 1.10 bits per heavy atom. The monoisotopic (exact) mass is 144 g/mol. The average molecular weight is 144 g/mol. The van der Waals surface area contributed by atoms with Gasteiger partial charge in [0, 0.05) is 0 Å². The molecule has 0 heteroatoms. The molecule has 0 bridgehead atoms. The van der Waals surface area contributed by atoms with Gasteiger partial charge >= 0.3 is 0 Å². The summed E-state index contributed by atoms with van der Waals surface area (Å²) in [5.74, 6) is 0.954. The Morgan fingerprint density at radius 2 is 1.60 bits per heavy atom. The fraction of sp³-hybridized carbons (Fsp3) is 1.00. The van der Waals surface area contributed by atoms with Gasteiger partial charge in [0.15, 0.2) is 0 Å². The summed E-state index contributed by atoms with van der Waals surface area (Å²) >= 11 is 0. The number of hydrogen-bond acceptors (Lipinski definition) is 0. The molecule has 1 atom stereocenters. The Balaban J connectivity index is 0. The second kappa shape index (κ2) is 11.8. The van der Waals surface area contributed by atoms with Gasteiger partial charge < -0.3 is 0 Å². The lowest BCUT2D eigenvalue weighted by molar-refractivity contribution is 0.492. The molecule has 0 saturated heterocycles. The van der Waals surface area contributed by atoms with E-state index in [2.05, 4.69) is 20.8 Å². The molecule has 0 rings (SSSR count). The van der Waals surface area contributed by atoms with E-state index in [-0.39, 0.29) is 0 Å². The third-order valence-corrected chi connectivity index (χ3v) is 1.75. The molecule has 0 heterocycles. The van der Waals surface area contributed by atoms with Crippen LogP contribution in [-0.2, 0) is 0 Å². The molecule has 0 amide bonds. The zero-order chi connectivity index (χ0) is 8.41. The summed E-state index contributed by atoms with van der Waals surface area (Å²) < 4.78 is 0. The Hall–Kier alpha value is 0. The van der Waals surface area contributed by atoms with Crippen LogP contribution in [-0.4, -0.2) is 0 Å². The topological polar surface area (TPSA) is 0 Å². The van der Waals surface area contributed by atoms with E-state index in [0.717, 1.165) is 5.92 Å². The van der Waals surface area contributed by atoms with Crippen LogP contribution in [0.15, 0.2) is 0 Å². The molecule has 10 heavy (non-hydrogen) atoms. The van der Waals surface area contributed by atoms with Crippen LogP contribution in [0.1, 0.15) is 60.3 Å². The predicted molar refractivity (Wildman–Crippen MR) is 50.3 cm³/mol. The number of unbranched alkanes of at least 4 members (excludes halogenated alkanes) is 1. The van der Waals surface area contributed by atoms with E-state index in [0.29, 0.717) is 0 Å². The molecule has 0 N–H and O–H groups in total. The van der Waals surface area contributed by atoms with Crippen molar-refractivity contribution in [1.82, 2.24) is 0 Å². The molecule has 0 aromatic carbocycles. The highest BCUT2D eigenvalue weighted by Crippen LogP contribution is 2.09. The van der Waals surface area contributed by atoms with Crippen molar-refractivity contribution in [1.29, 1.82) is 0 Å². The first-order valence-electron chi connectivity index (χ1n) is 4.81. The standard InChI is InChI=1S/C8H18.C2H6/c1-4-6-7-8(3)5-2;1-2/h8H,4-7H2,1-3H3;1-2H3. The first-order valence-corrected chi connectivity index (χ1v) is 4.81. The van der Waals surface area contributed by atoms with Gasteiger partial charge in [0.25, 0.3) is 0 Å². The van der Waals surface area contributed by atoms with Gasteiger partial charge in [-0.25, -0.2) is 0 Å². The average Bonchev–Trinajstić information content (AvgIpc) is 2.04. The minimum atomic E-state index is 0.954. The molecule has 0 saturated carbocycles. The van der Waals surface area contributed by atoms with Crippen molar-refractivity contribution in [2.45, 2.75) is 60.3 Å². The van der Waals surface area contributed by atoms with Gasteiger partial charge in [-0.3, -0.25) is 0 Å². The van der Waals surface area contributed by atoms with E-state index < -0.39 is 0 Å². The van der Waals surface area contributed by atoms with Gasteiger partial charge in [-0.05, 0) is 5.92 Å². The Labute approximate surface area is 67.0 Å². The Bertz CT molecular complexity index is 39.3. The second-order valence-electron chi connectivity index (χ2n) is 2.66. The largest absolute Gasteiger partial charge is 0.0683 e. The molecule has 0 fully saturated rings. The number of hydrogen-bond donors (Lipinski definition) is 0. The zero-order valence-electron chi connectivity index (χ0n) is 8.41. The van der Waals surface area contributed by atoms with Crippen molar-refractivity contribution >= 4 is 0 Å². The lowest BCUT2D eigenvalue weighted by Gasteiger charge is -2.04. The molecule has 0 radical (unpaired) electrons. The summed E-state index contributed by atoms with van der Waals surface area (Å²) in [6, 6.07) is 0. The lowest BCUT2D eigenvalue weighted by atomic mass is 10.0. The van der Waals surface area contributed by atoms with Crippen LogP contribution in [0, 0.1) is 5.92 Å². The minimum absolute atomic E-state index is 0.954. The van der Waals surface area contributed by atoms with Crippen LogP contribution in [0.25, 0.3) is 0 Å². The lowest BCUT2D eigenvalue weighted by Crippen LogP contribution is -1.89. The maximum Gasteiger partial charge on any atom is -0.0445 e.